The van der Waals surface area contributed by atoms with Crippen LogP contribution in [0.25, 0.3) is 10.9 Å². The van der Waals surface area contributed by atoms with Gasteiger partial charge in [0.05, 0.1) is 16.0 Å². The lowest BCUT2D eigenvalue weighted by Crippen LogP contribution is -2.48. The van der Waals surface area contributed by atoms with Gasteiger partial charge in [-0.1, -0.05) is 0 Å². The highest BCUT2D eigenvalue weighted by molar-refractivity contribution is 5.97. The maximum Gasteiger partial charge on any atom is 0.490 e. The molecule has 156 valence electrons. The molecule has 1 N–H and O–H groups in total. The fourth-order valence-corrected chi connectivity index (χ4v) is 2.82. The number of non-ortho nitro benzene ring substituents is 1. The number of hydrogen-bond acceptors (Lipinski definition) is 6. The summed E-state index contributed by atoms with van der Waals surface area (Å²) < 4.78 is 31.7. The second-order valence-electron chi connectivity index (χ2n) is 6.06. The molecule has 0 unspecified atom stereocenters. The van der Waals surface area contributed by atoms with Crippen LogP contribution in [0.5, 0.6) is 0 Å². The van der Waals surface area contributed by atoms with Gasteiger partial charge in [-0.05, 0) is 18.2 Å². The number of carboxylic acid groups (broad SMARTS) is 1. The number of aromatic nitrogens is 1. The zero-order valence-corrected chi connectivity index (χ0v) is 15.2. The van der Waals surface area contributed by atoms with Crippen LogP contribution in [-0.2, 0) is 9.59 Å². The number of rotatable bonds is 2. The van der Waals surface area contributed by atoms with Crippen molar-refractivity contribution in [1.82, 2.24) is 9.88 Å². The standard InChI is InChI=1S/C15H16N4O3.C2HF3O2/c1-11(20)17-7-9-18(10-8-17)14-5-4-13(19(21)22)12-3-2-6-16-15(12)14;3-2(4,5)1(6)7/h2-6H,7-10H2,1H3;(H,6,7). The quantitative estimate of drug-likeness (QED) is 0.593. The number of hydrogen-bond donors (Lipinski definition) is 1. The highest BCUT2D eigenvalue weighted by Gasteiger charge is 2.38. The molecule has 29 heavy (non-hydrogen) atoms. The van der Waals surface area contributed by atoms with Crippen molar-refractivity contribution >= 4 is 34.2 Å². The topological polar surface area (TPSA) is 117 Å². The fraction of sp³-hybridized carbons (Fsp3) is 0.353. The molecule has 12 heteroatoms. The number of amides is 1. The van der Waals surface area contributed by atoms with Crippen LogP contribution in [0, 0.1) is 10.1 Å². The molecule has 0 saturated carbocycles. The van der Waals surface area contributed by atoms with Crippen LogP contribution >= 0.6 is 0 Å². The van der Waals surface area contributed by atoms with E-state index < -0.39 is 12.1 Å². The van der Waals surface area contributed by atoms with Gasteiger partial charge in [-0.3, -0.25) is 19.9 Å². The van der Waals surface area contributed by atoms with E-state index in [4.69, 9.17) is 9.90 Å². The van der Waals surface area contributed by atoms with E-state index in [9.17, 15) is 28.1 Å². The fourth-order valence-electron chi connectivity index (χ4n) is 2.82. The highest BCUT2D eigenvalue weighted by Crippen LogP contribution is 2.32. The third-order valence-corrected chi connectivity index (χ3v) is 4.23. The Kier molecular flexibility index (Phi) is 6.56. The number of alkyl halides is 3. The van der Waals surface area contributed by atoms with Crippen molar-refractivity contribution < 1.29 is 32.8 Å². The summed E-state index contributed by atoms with van der Waals surface area (Å²) in [5.74, 6) is -2.68. The van der Waals surface area contributed by atoms with Crippen molar-refractivity contribution in [2.45, 2.75) is 13.1 Å². The van der Waals surface area contributed by atoms with Crippen LogP contribution < -0.4 is 4.90 Å². The summed E-state index contributed by atoms with van der Waals surface area (Å²) in [5.41, 5.74) is 1.58. The van der Waals surface area contributed by atoms with E-state index in [0.29, 0.717) is 37.1 Å². The van der Waals surface area contributed by atoms with Gasteiger partial charge >= 0.3 is 12.1 Å². The predicted molar refractivity (Wildman–Crippen MR) is 96.6 cm³/mol. The molecule has 2 heterocycles. The Morgan fingerprint density at radius 3 is 2.24 bits per heavy atom. The number of nitro groups is 1. The average Bonchev–Trinajstić information content (AvgIpc) is 2.66. The van der Waals surface area contributed by atoms with Gasteiger partial charge in [-0.2, -0.15) is 13.2 Å². The van der Waals surface area contributed by atoms with Crippen LogP contribution in [0.3, 0.4) is 0 Å². The van der Waals surface area contributed by atoms with E-state index in [-0.39, 0.29) is 16.5 Å². The maximum absolute atomic E-state index is 11.4. The molecule has 0 spiro atoms. The maximum atomic E-state index is 11.4. The first-order valence-electron chi connectivity index (χ1n) is 8.35. The zero-order valence-electron chi connectivity index (χ0n) is 15.2. The minimum atomic E-state index is -5.08. The van der Waals surface area contributed by atoms with Crippen molar-refractivity contribution in [3.63, 3.8) is 0 Å². The molecule has 0 atom stereocenters. The number of anilines is 1. The predicted octanol–water partition coefficient (Wildman–Crippen LogP) is 2.44. The van der Waals surface area contributed by atoms with Gasteiger partial charge < -0.3 is 14.9 Å². The van der Waals surface area contributed by atoms with Crippen molar-refractivity contribution in [1.29, 1.82) is 0 Å². The molecule has 9 nitrogen and oxygen atoms in total. The molecule has 1 amide bonds. The lowest BCUT2D eigenvalue weighted by Gasteiger charge is -2.35. The number of halogens is 3. The molecule has 3 rings (SSSR count). The molecular formula is C17H17F3N4O5. The van der Waals surface area contributed by atoms with Crippen LogP contribution in [0.4, 0.5) is 24.5 Å². The number of carbonyl (C=O) groups is 2. The average molecular weight is 414 g/mol. The SMILES string of the molecule is CC(=O)N1CCN(c2ccc([N+](=O)[O-])c3cccnc23)CC1.O=C(O)C(F)(F)F. The van der Waals surface area contributed by atoms with Crippen LogP contribution in [0.1, 0.15) is 6.92 Å². The van der Waals surface area contributed by atoms with Crippen molar-refractivity contribution in [2.24, 2.45) is 0 Å². The van der Waals surface area contributed by atoms with E-state index >= 15 is 0 Å². The number of nitro benzene ring substituents is 1. The summed E-state index contributed by atoms with van der Waals surface area (Å²) in [7, 11) is 0. The Bertz CT molecular complexity index is 927. The number of pyridine rings is 1. The van der Waals surface area contributed by atoms with Gasteiger partial charge in [0.25, 0.3) is 5.69 Å². The molecule has 1 aliphatic heterocycles. The molecule has 1 aromatic heterocycles. The Hall–Kier alpha value is -3.44. The number of carbonyl (C=O) groups excluding carboxylic acids is 1. The molecule has 2 aromatic rings. The second kappa shape index (κ2) is 8.71. The third kappa shape index (κ3) is 5.30. The molecule has 0 aliphatic carbocycles. The normalized spacial score (nSPS) is 14.2. The third-order valence-electron chi connectivity index (χ3n) is 4.23. The molecule has 0 bridgehead atoms. The highest BCUT2D eigenvalue weighted by atomic mass is 19.4. The minimum Gasteiger partial charge on any atom is -0.475 e. The first-order chi connectivity index (χ1) is 13.5. The molecule has 1 aliphatic rings. The molecular weight excluding hydrogens is 397 g/mol. The number of nitrogens with zero attached hydrogens (tertiary/aromatic N) is 4. The van der Waals surface area contributed by atoms with Gasteiger partial charge in [0.2, 0.25) is 5.91 Å². The van der Waals surface area contributed by atoms with Crippen molar-refractivity contribution in [3.8, 4) is 0 Å². The summed E-state index contributed by atoms with van der Waals surface area (Å²) in [4.78, 5) is 39.3. The first-order valence-corrected chi connectivity index (χ1v) is 8.35. The summed E-state index contributed by atoms with van der Waals surface area (Å²) in [5, 5.41) is 18.8. The van der Waals surface area contributed by atoms with Crippen LogP contribution in [-0.4, -0.2) is 64.1 Å². The molecule has 1 fully saturated rings. The van der Waals surface area contributed by atoms with E-state index in [0.717, 1.165) is 5.69 Å². The largest absolute Gasteiger partial charge is 0.490 e. The van der Waals surface area contributed by atoms with E-state index in [1.165, 1.54) is 6.07 Å². The van der Waals surface area contributed by atoms with Crippen molar-refractivity contribution in [3.05, 3.63) is 40.6 Å². The first kappa shape index (κ1) is 21.9. The zero-order chi connectivity index (χ0) is 21.8. The van der Waals surface area contributed by atoms with Crippen LogP contribution in [0.15, 0.2) is 30.5 Å². The summed E-state index contributed by atoms with van der Waals surface area (Å²) in [6.07, 6.45) is -3.44. The summed E-state index contributed by atoms with van der Waals surface area (Å²) >= 11 is 0. The van der Waals surface area contributed by atoms with E-state index in [1.807, 2.05) is 0 Å². The lowest BCUT2D eigenvalue weighted by molar-refractivity contribution is -0.383. The lowest BCUT2D eigenvalue weighted by atomic mass is 10.1. The number of carboxylic acids is 1. The van der Waals surface area contributed by atoms with E-state index in [1.54, 1.807) is 36.2 Å². The van der Waals surface area contributed by atoms with Gasteiger partial charge in [-0.15, -0.1) is 0 Å². The Morgan fingerprint density at radius 1 is 1.17 bits per heavy atom. The van der Waals surface area contributed by atoms with Crippen LogP contribution in [0.2, 0.25) is 0 Å². The Balaban J connectivity index is 0.000000370. The molecule has 0 radical (unpaired) electrons. The van der Waals surface area contributed by atoms with Gasteiger partial charge in [-0.25, -0.2) is 4.79 Å². The molecule has 1 saturated heterocycles. The summed E-state index contributed by atoms with van der Waals surface area (Å²) in [6, 6.07) is 6.69. The minimum absolute atomic E-state index is 0.0641. The van der Waals surface area contributed by atoms with Crippen molar-refractivity contribution in [2.75, 3.05) is 31.1 Å². The summed E-state index contributed by atoms with van der Waals surface area (Å²) in [6.45, 7) is 4.27. The number of piperazine rings is 1. The van der Waals surface area contributed by atoms with Gasteiger partial charge in [0.1, 0.15) is 5.52 Å². The van der Waals surface area contributed by atoms with Gasteiger partial charge in [0, 0.05) is 45.4 Å². The molecule has 1 aromatic carbocycles. The smallest absolute Gasteiger partial charge is 0.475 e. The number of fused-ring (bicyclic) bond motifs is 1. The van der Waals surface area contributed by atoms with Gasteiger partial charge in [0.15, 0.2) is 0 Å². The Labute approximate surface area is 162 Å². The second-order valence-corrected chi connectivity index (χ2v) is 6.06. The number of benzene rings is 1. The Morgan fingerprint density at radius 2 is 1.76 bits per heavy atom. The monoisotopic (exact) mass is 414 g/mol. The van der Waals surface area contributed by atoms with E-state index in [2.05, 4.69) is 9.88 Å². The number of aliphatic carboxylic acids is 1.